The van der Waals surface area contributed by atoms with E-state index >= 15 is 0 Å². The molecular weight excluding hydrogens is 260 g/mol. The Bertz CT molecular complexity index is 643. The van der Waals surface area contributed by atoms with Gasteiger partial charge in [0.05, 0.1) is 5.69 Å². The zero-order valence-corrected chi connectivity index (χ0v) is 12.5. The SMILES string of the molecule is CC(C)c1cccnc1-c1ccc(C(=O)NC2CC2)cc1. The molecule has 1 fully saturated rings. The second-order valence-electron chi connectivity index (χ2n) is 5.92. The number of carbonyl (C=O) groups excluding carboxylic acids is 1. The van der Waals surface area contributed by atoms with Crippen LogP contribution >= 0.6 is 0 Å². The highest BCUT2D eigenvalue weighted by molar-refractivity contribution is 5.95. The molecule has 0 spiro atoms. The normalized spacial score (nSPS) is 14.2. The minimum atomic E-state index is 0.0224. The van der Waals surface area contributed by atoms with Crippen LogP contribution in [0.4, 0.5) is 0 Å². The lowest BCUT2D eigenvalue weighted by molar-refractivity contribution is 0.0951. The van der Waals surface area contributed by atoms with Gasteiger partial charge in [-0.2, -0.15) is 0 Å². The molecule has 1 aliphatic rings. The van der Waals surface area contributed by atoms with E-state index in [0.29, 0.717) is 17.5 Å². The van der Waals surface area contributed by atoms with Gasteiger partial charge in [0, 0.05) is 23.4 Å². The summed E-state index contributed by atoms with van der Waals surface area (Å²) in [6, 6.07) is 12.2. The third-order valence-electron chi connectivity index (χ3n) is 3.79. The minimum Gasteiger partial charge on any atom is -0.349 e. The topological polar surface area (TPSA) is 42.0 Å². The average molecular weight is 280 g/mol. The quantitative estimate of drug-likeness (QED) is 0.926. The second kappa shape index (κ2) is 5.68. The molecule has 1 saturated carbocycles. The van der Waals surface area contributed by atoms with Crippen LogP contribution in [0.2, 0.25) is 0 Å². The van der Waals surface area contributed by atoms with Crippen LogP contribution in [0.3, 0.4) is 0 Å². The number of benzene rings is 1. The molecule has 0 aliphatic heterocycles. The Balaban J connectivity index is 1.85. The van der Waals surface area contributed by atoms with Gasteiger partial charge in [0.1, 0.15) is 0 Å². The number of hydrogen-bond donors (Lipinski definition) is 1. The van der Waals surface area contributed by atoms with Crippen LogP contribution in [0, 0.1) is 0 Å². The third-order valence-corrected chi connectivity index (χ3v) is 3.79. The van der Waals surface area contributed by atoms with E-state index in [0.717, 1.165) is 24.1 Å². The number of aromatic nitrogens is 1. The summed E-state index contributed by atoms with van der Waals surface area (Å²) in [6.07, 6.45) is 4.03. The summed E-state index contributed by atoms with van der Waals surface area (Å²) in [6.45, 7) is 4.33. The number of amides is 1. The predicted octanol–water partition coefficient (Wildman–Crippen LogP) is 3.76. The Kier molecular flexibility index (Phi) is 3.74. The van der Waals surface area contributed by atoms with Crippen molar-refractivity contribution < 1.29 is 4.79 Å². The molecule has 108 valence electrons. The molecule has 0 bridgehead atoms. The molecule has 0 saturated heterocycles. The molecule has 0 atom stereocenters. The molecule has 1 amide bonds. The van der Waals surface area contributed by atoms with Gasteiger partial charge in [0.2, 0.25) is 0 Å². The summed E-state index contributed by atoms with van der Waals surface area (Å²) >= 11 is 0. The van der Waals surface area contributed by atoms with Crippen LogP contribution in [-0.2, 0) is 0 Å². The molecule has 1 aliphatic carbocycles. The van der Waals surface area contributed by atoms with Crippen molar-refractivity contribution in [3.63, 3.8) is 0 Å². The van der Waals surface area contributed by atoms with Gasteiger partial charge in [0.25, 0.3) is 5.91 Å². The van der Waals surface area contributed by atoms with Crippen LogP contribution in [-0.4, -0.2) is 16.9 Å². The Morgan fingerprint density at radius 2 is 1.90 bits per heavy atom. The van der Waals surface area contributed by atoms with Gasteiger partial charge >= 0.3 is 0 Å². The summed E-state index contributed by atoms with van der Waals surface area (Å²) < 4.78 is 0. The van der Waals surface area contributed by atoms with Gasteiger partial charge in [-0.15, -0.1) is 0 Å². The highest BCUT2D eigenvalue weighted by atomic mass is 16.1. The Morgan fingerprint density at radius 1 is 1.19 bits per heavy atom. The predicted molar refractivity (Wildman–Crippen MR) is 84.3 cm³/mol. The van der Waals surface area contributed by atoms with Crippen LogP contribution < -0.4 is 5.32 Å². The maximum atomic E-state index is 12.0. The van der Waals surface area contributed by atoms with Crippen molar-refractivity contribution in [2.45, 2.75) is 38.6 Å². The van der Waals surface area contributed by atoms with E-state index in [1.807, 2.05) is 36.5 Å². The molecule has 0 unspecified atom stereocenters. The largest absolute Gasteiger partial charge is 0.349 e. The molecular formula is C18H20N2O. The lowest BCUT2D eigenvalue weighted by Gasteiger charge is -2.12. The van der Waals surface area contributed by atoms with Gasteiger partial charge in [-0.05, 0) is 42.5 Å². The monoisotopic (exact) mass is 280 g/mol. The van der Waals surface area contributed by atoms with Crippen LogP contribution in [0.15, 0.2) is 42.6 Å². The highest BCUT2D eigenvalue weighted by Crippen LogP contribution is 2.27. The first kappa shape index (κ1) is 13.8. The van der Waals surface area contributed by atoms with Crippen molar-refractivity contribution in [1.82, 2.24) is 10.3 Å². The summed E-state index contributed by atoms with van der Waals surface area (Å²) in [5.41, 5.74) is 4.00. The molecule has 0 radical (unpaired) electrons. The van der Waals surface area contributed by atoms with Crippen molar-refractivity contribution in [3.05, 3.63) is 53.7 Å². The molecule has 21 heavy (non-hydrogen) atoms. The lowest BCUT2D eigenvalue weighted by Crippen LogP contribution is -2.25. The van der Waals surface area contributed by atoms with Crippen LogP contribution in [0.1, 0.15) is 48.5 Å². The van der Waals surface area contributed by atoms with Crippen molar-refractivity contribution in [3.8, 4) is 11.3 Å². The van der Waals surface area contributed by atoms with Crippen molar-refractivity contribution in [2.75, 3.05) is 0 Å². The summed E-state index contributed by atoms with van der Waals surface area (Å²) in [4.78, 5) is 16.5. The molecule has 2 aromatic rings. The fourth-order valence-electron chi connectivity index (χ4n) is 2.40. The van der Waals surface area contributed by atoms with Gasteiger partial charge in [-0.1, -0.05) is 32.0 Å². The summed E-state index contributed by atoms with van der Waals surface area (Å²) in [5.74, 6) is 0.445. The highest BCUT2D eigenvalue weighted by Gasteiger charge is 2.23. The van der Waals surface area contributed by atoms with Crippen LogP contribution in [0.25, 0.3) is 11.3 Å². The first-order valence-electron chi connectivity index (χ1n) is 7.51. The standard InChI is InChI=1S/C18H20N2O/c1-12(2)16-4-3-11-19-17(16)13-5-7-14(8-6-13)18(21)20-15-9-10-15/h3-8,11-12,15H,9-10H2,1-2H3,(H,20,21). The minimum absolute atomic E-state index is 0.0224. The van der Waals surface area contributed by atoms with Crippen molar-refractivity contribution >= 4 is 5.91 Å². The fourth-order valence-corrected chi connectivity index (χ4v) is 2.40. The van der Waals surface area contributed by atoms with Crippen molar-refractivity contribution in [1.29, 1.82) is 0 Å². The van der Waals surface area contributed by atoms with E-state index in [4.69, 9.17) is 0 Å². The molecule has 1 aromatic carbocycles. The molecule has 1 heterocycles. The molecule has 1 aromatic heterocycles. The van der Waals surface area contributed by atoms with Crippen molar-refractivity contribution in [2.24, 2.45) is 0 Å². The Labute approximate surface area is 125 Å². The van der Waals surface area contributed by atoms with E-state index in [2.05, 4.69) is 30.2 Å². The van der Waals surface area contributed by atoms with Gasteiger partial charge in [-0.25, -0.2) is 0 Å². The molecule has 1 N–H and O–H groups in total. The van der Waals surface area contributed by atoms with Gasteiger partial charge in [0.15, 0.2) is 0 Å². The zero-order chi connectivity index (χ0) is 14.8. The number of pyridine rings is 1. The van der Waals surface area contributed by atoms with E-state index in [-0.39, 0.29) is 5.91 Å². The molecule has 3 rings (SSSR count). The van der Waals surface area contributed by atoms with Gasteiger partial charge in [-0.3, -0.25) is 9.78 Å². The van der Waals surface area contributed by atoms with E-state index in [1.54, 1.807) is 0 Å². The molecule has 3 nitrogen and oxygen atoms in total. The smallest absolute Gasteiger partial charge is 0.251 e. The summed E-state index contributed by atoms with van der Waals surface area (Å²) in [7, 11) is 0. The maximum absolute atomic E-state index is 12.0. The van der Waals surface area contributed by atoms with Gasteiger partial charge < -0.3 is 5.32 Å². The summed E-state index contributed by atoms with van der Waals surface area (Å²) in [5, 5.41) is 3.00. The average Bonchev–Trinajstić information content (AvgIpc) is 3.31. The third kappa shape index (κ3) is 3.13. The van der Waals surface area contributed by atoms with E-state index in [9.17, 15) is 4.79 Å². The van der Waals surface area contributed by atoms with E-state index in [1.165, 1.54) is 5.56 Å². The number of nitrogens with one attached hydrogen (secondary N) is 1. The molecule has 3 heteroatoms. The maximum Gasteiger partial charge on any atom is 0.251 e. The number of hydrogen-bond acceptors (Lipinski definition) is 2. The van der Waals surface area contributed by atoms with E-state index < -0.39 is 0 Å². The zero-order valence-electron chi connectivity index (χ0n) is 12.5. The number of nitrogens with zero attached hydrogens (tertiary/aromatic N) is 1. The first-order chi connectivity index (χ1) is 10.1. The lowest BCUT2D eigenvalue weighted by atomic mass is 9.97. The Morgan fingerprint density at radius 3 is 2.52 bits per heavy atom. The number of rotatable bonds is 4. The van der Waals surface area contributed by atoms with Crippen LogP contribution in [0.5, 0.6) is 0 Å². The first-order valence-corrected chi connectivity index (χ1v) is 7.51. The number of carbonyl (C=O) groups is 1. The fraction of sp³-hybridized carbons (Fsp3) is 0.333. The second-order valence-corrected chi connectivity index (χ2v) is 5.92. The Hall–Kier alpha value is -2.16.